The first kappa shape index (κ1) is 10.1. The fourth-order valence-corrected chi connectivity index (χ4v) is 1.36. The van der Waals surface area contributed by atoms with Crippen LogP contribution in [0.2, 0.25) is 0 Å². The summed E-state index contributed by atoms with van der Waals surface area (Å²) >= 11 is 1.50. The molecule has 0 unspecified atom stereocenters. The van der Waals surface area contributed by atoms with Crippen LogP contribution in [0.3, 0.4) is 0 Å². The molecule has 0 radical (unpaired) electrons. The highest BCUT2D eigenvalue weighted by atomic mass is 32.2. The van der Waals surface area contributed by atoms with Gasteiger partial charge in [-0.25, -0.2) is 9.97 Å². The number of hydrogen-bond acceptors (Lipinski definition) is 5. The average molecular weight is 198 g/mol. The topological polar surface area (TPSA) is 52.1 Å². The molecule has 0 N–H and O–H groups in total. The van der Waals surface area contributed by atoms with E-state index < -0.39 is 0 Å². The fraction of sp³-hybridized carbons (Fsp3) is 0.375. The minimum atomic E-state index is 0.496. The molecular formula is C8H10N2O2S. The van der Waals surface area contributed by atoms with Crippen LogP contribution in [0.5, 0.6) is 0 Å². The van der Waals surface area contributed by atoms with E-state index in [0.29, 0.717) is 17.3 Å². The fourth-order valence-electron chi connectivity index (χ4n) is 0.678. The molecule has 0 aliphatic heterocycles. The summed E-state index contributed by atoms with van der Waals surface area (Å²) in [6.45, 7) is 0.670. The number of hydrogen-bond donors (Lipinski definition) is 0. The van der Waals surface area contributed by atoms with Crippen LogP contribution in [0, 0.1) is 0 Å². The van der Waals surface area contributed by atoms with Crippen molar-refractivity contribution in [2.45, 2.75) is 5.16 Å². The Morgan fingerprint density at radius 3 is 2.77 bits per heavy atom. The molecule has 0 atom stereocenters. The number of carbonyl (C=O) groups is 1. The summed E-state index contributed by atoms with van der Waals surface area (Å²) in [5.41, 5.74) is 0.496. The molecule has 0 amide bonds. The molecule has 1 aromatic heterocycles. The zero-order chi connectivity index (χ0) is 9.52. The second-order valence-electron chi connectivity index (χ2n) is 2.26. The van der Waals surface area contributed by atoms with Gasteiger partial charge in [-0.3, -0.25) is 4.79 Å². The molecule has 1 heterocycles. The van der Waals surface area contributed by atoms with E-state index in [9.17, 15) is 4.79 Å². The molecule has 0 aliphatic rings. The van der Waals surface area contributed by atoms with E-state index in [4.69, 9.17) is 4.74 Å². The van der Waals surface area contributed by atoms with Crippen molar-refractivity contribution in [1.29, 1.82) is 0 Å². The second kappa shape index (κ2) is 5.66. The summed E-state index contributed by atoms with van der Waals surface area (Å²) in [7, 11) is 1.65. The lowest BCUT2D eigenvalue weighted by Gasteiger charge is -1.98. The smallest absolute Gasteiger partial charge is 0.187 e. The molecule has 70 valence electrons. The van der Waals surface area contributed by atoms with Gasteiger partial charge in [0, 0.05) is 25.3 Å². The van der Waals surface area contributed by atoms with Gasteiger partial charge in [-0.15, -0.1) is 0 Å². The lowest BCUT2D eigenvalue weighted by molar-refractivity contribution is 0.112. The lowest BCUT2D eigenvalue weighted by atomic mass is 10.4. The van der Waals surface area contributed by atoms with Crippen molar-refractivity contribution in [3.05, 3.63) is 18.0 Å². The molecule has 4 nitrogen and oxygen atoms in total. The van der Waals surface area contributed by atoms with E-state index >= 15 is 0 Å². The van der Waals surface area contributed by atoms with Crippen LogP contribution < -0.4 is 0 Å². The lowest BCUT2D eigenvalue weighted by Crippen LogP contribution is -1.94. The number of carbonyl (C=O) groups excluding carboxylic acids is 1. The molecular weight excluding hydrogens is 188 g/mol. The summed E-state index contributed by atoms with van der Waals surface area (Å²) in [6.07, 6.45) is 3.74. The Bertz CT molecular complexity index is 263. The van der Waals surface area contributed by atoms with E-state index in [-0.39, 0.29) is 0 Å². The first-order valence-corrected chi connectivity index (χ1v) is 4.74. The highest BCUT2D eigenvalue weighted by Crippen LogP contribution is 2.10. The van der Waals surface area contributed by atoms with Crippen molar-refractivity contribution in [1.82, 2.24) is 9.97 Å². The summed E-state index contributed by atoms with van der Waals surface area (Å²) in [5.74, 6) is 0.816. The largest absolute Gasteiger partial charge is 0.384 e. The van der Waals surface area contributed by atoms with Gasteiger partial charge in [-0.1, -0.05) is 11.8 Å². The van der Waals surface area contributed by atoms with Gasteiger partial charge in [-0.05, 0) is 0 Å². The van der Waals surface area contributed by atoms with Crippen molar-refractivity contribution in [2.75, 3.05) is 19.5 Å². The van der Waals surface area contributed by atoms with Crippen LogP contribution in [0.4, 0.5) is 0 Å². The van der Waals surface area contributed by atoms with Gasteiger partial charge in [0.25, 0.3) is 0 Å². The molecule has 1 rings (SSSR count). The molecule has 0 aromatic carbocycles. The van der Waals surface area contributed by atoms with Crippen LogP contribution in [-0.2, 0) is 4.74 Å². The monoisotopic (exact) mass is 198 g/mol. The Hall–Kier alpha value is -0.940. The summed E-state index contributed by atoms with van der Waals surface area (Å²) in [5, 5.41) is 0.669. The number of ether oxygens (including phenoxy) is 1. The highest BCUT2D eigenvalue weighted by Gasteiger charge is 1.96. The van der Waals surface area contributed by atoms with Crippen LogP contribution in [0.1, 0.15) is 10.4 Å². The maximum atomic E-state index is 10.3. The predicted octanol–water partition coefficient (Wildman–Crippen LogP) is 1.03. The minimum absolute atomic E-state index is 0.496. The van der Waals surface area contributed by atoms with Crippen LogP contribution >= 0.6 is 11.8 Å². The van der Waals surface area contributed by atoms with Gasteiger partial charge >= 0.3 is 0 Å². The molecule has 13 heavy (non-hydrogen) atoms. The standard InChI is InChI=1S/C8H10N2O2S/c1-12-2-3-13-8-9-4-7(6-11)5-10-8/h4-6H,2-3H2,1H3. The summed E-state index contributed by atoms with van der Waals surface area (Å²) in [4.78, 5) is 18.2. The van der Waals surface area contributed by atoms with E-state index in [1.807, 2.05) is 0 Å². The third-order valence-electron chi connectivity index (χ3n) is 1.30. The zero-order valence-corrected chi connectivity index (χ0v) is 8.08. The maximum absolute atomic E-state index is 10.3. The Kier molecular flexibility index (Phi) is 4.42. The number of thioether (sulfide) groups is 1. The third-order valence-corrected chi connectivity index (χ3v) is 2.14. The highest BCUT2D eigenvalue weighted by molar-refractivity contribution is 7.99. The average Bonchev–Trinajstić information content (AvgIpc) is 2.19. The van der Waals surface area contributed by atoms with E-state index in [0.717, 1.165) is 12.0 Å². The Morgan fingerprint density at radius 2 is 2.23 bits per heavy atom. The van der Waals surface area contributed by atoms with Crippen molar-refractivity contribution >= 4 is 18.0 Å². The quantitative estimate of drug-likeness (QED) is 0.306. The van der Waals surface area contributed by atoms with Gasteiger partial charge in [0.05, 0.1) is 12.2 Å². The van der Waals surface area contributed by atoms with E-state index in [1.54, 1.807) is 7.11 Å². The molecule has 5 heteroatoms. The number of methoxy groups -OCH3 is 1. The van der Waals surface area contributed by atoms with Crippen molar-refractivity contribution < 1.29 is 9.53 Å². The van der Waals surface area contributed by atoms with Crippen molar-refractivity contribution in [3.63, 3.8) is 0 Å². The molecule has 0 fully saturated rings. The number of aromatic nitrogens is 2. The number of aldehydes is 1. The molecule has 0 spiro atoms. The maximum Gasteiger partial charge on any atom is 0.187 e. The molecule has 1 aromatic rings. The van der Waals surface area contributed by atoms with E-state index in [2.05, 4.69) is 9.97 Å². The summed E-state index contributed by atoms with van der Waals surface area (Å²) in [6, 6.07) is 0. The Balaban J connectivity index is 2.44. The van der Waals surface area contributed by atoms with Crippen LogP contribution in [0.25, 0.3) is 0 Å². The molecule has 0 saturated heterocycles. The van der Waals surface area contributed by atoms with Gasteiger partial charge in [0.15, 0.2) is 11.4 Å². The second-order valence-corrected chi connectivity index (χ2v) is 3.32. The number of nitrogens with zero attached hydrogens (tertiary/aromatic N) is 2. The SMILES string of the molecule is COCCSc1ncc(C=O)cn1. The van der Waals surface area contributed by atoms with Crippen molar-refractivity contribution in [2.24, 2.45) is 0 Å². The van der Waals surface area contributed by atoms with Crippen LogP contribution in [-0.4, -0.2) is 35.7 Å². The molecule has 0 saturated carbocycles. The normalized spacial score (nSPS) is 9.92. The van der Waals surface area contributed by atoms with Gasteiger partial charge in [-0.2, -0.15) is 0 Å². The van der Waals surface area contributed by atoms with Crippen LogP contribution in [0.15, 0.2) is 17.6 Å². The summed E-state index contributed by atoms with van der Waals surface area (Å²) < 4.78 is 4.88. The van der Waals surface area contributed by atoms with Gasteiger partial charge in [0.2, 0.25) is 0 Å². The minimum Gasteiger partial charge on any atom is -0.384 e. The Labute approximate surface area is 80.7 Å². The molecule has 0 bridgehead atoms. The van der Waals surface area contributed by atoms with Gasteiger partial charge < -0.3 is 4.74 Å². The third kappa shape index (κ3) is 3.52. The predicted molar refractivity (Wildman–Crippen MR) is 50.0 cm³/mol. The van der Waals surface area contributed by atoms with Crippen molar-refractivity contribution in [3.8, 4) is 0 Å². The van der Waals surface area contributed by atoms with Gasteiger partial charge in [0.1, 0.15) is 0 Å². The molecule has 0 aliphatic carbocycles. The first-order valence-electron chi connectivity index (χ1n) is 3.76. The zero-order valence-electron chi connectivity index (χ0n) is 7.27. The first-order chi connectivity index (χ1) is 6.36. The van der Waals surface area contributed by atoms with E-state index in [1.165, 1.54) is 24.2 Å². The Morgan fingerprint density at radius 1 is 1.54 bits per heavy atom. The number of rotatable bonds is 5.